The average Bonchev–Trinajstić information content (AvgIpc) is 2.66. The first-order valence-electron chi connectivity index (χ1n) is 6.23. The van der Waals surface area contributed by atoms with Gasteiger partial charge in [-0.25, -0.2) is 0 Å². The van der Waals surface area contributed by atoms with Crippen LogP contribution >= 0.6 is 11.6 Å². The summed E-state index contributed by atoms with van der Waals surface area (Å²) >= 11 is 6.26. The molecule has 6 heteroatoms. The van der Waals surface area contributed by atoms with Crippen LogP contribution in [0.15, 0.2) is 0 Å². The van der Waals surface area contributed by atoms with Gasteiger partial charge in [-0.05, 0) is 20.3 Å². The summed E-state index contributed by atoms with van der Waals surface area (Å²) in [6.45, 7) is 6.91. The summed E-state index contributed by atoms with van der Waals surface area (Å²) < 4.78 is 1.86. The molecule has 0 aliphatic rings. The first kappa shape index (κ1) is 15.4. The first-order valence-corrected chi connectivity index (χ1v) is 6.61. The molecule has 1 rings (SSSR count). The van der Waals surface area contributed by atoms with Crippen molar-refractivity contribution < 1.29 is 10.2 Å². The Morgan fingerprint density at radius 3 is 2.61 bits per heavy atom. The molecule has 0 fully saturated rings. The minimum Gasteiger partial charge on any atom is -0.393 e. The quantitative estimate of drug-likeness (QED) is 0.693. The van der Waals surface area contributed by atoms with Gasteiger partial charge in [-0.2, -0.15) is 5.10 Å². The standard InChI is InChI=1S/C12H22ClN3O2/c1-4-9-11(13)10(16(5-2)15-9)6-14-7-12(3,18)8-17/h14,17-18H,4-8H2,1-3H3. The molecule has 0 amide bonds. The average molecular weight is 276 g/mol. The van der Waals surface area contributed by atoms with Gasteiger partial charge in [0.1, 0.15) is 0 Å². The lowest BCUT2D eigenvalue weighted by molar-refractivity contribution is 0.00243. The molecule has 1 heterocycles. The van der Waals surface area contributed by atoms with Gasteiger partial charge < -0.3 is 15.5 Å². The van der Waals surface area contributed by atoms with Crippen LogP contribution in [-0.2, 0) is 19.5 Å². The summed E-state index contributed by atoms with van der Waals surface area (Å²) in [5.41, 5.74) is 0.700. The highest BCUT2D eigenvalue weighted by Gasteiger charge is 2.19. The topological polar surface area (TPSA) is 70.3 Å². The van der Waals surface area contributed by atoms with E-state index in [2.05, 4.69) is 10.4 Å². The molecule has 1 aromatic heterocycles. The Kier molecular flexibility index (Phi) is 5.59. The Balaban J connectivity index is 2.69. The predicted octanol–water partition coefficient (Wildman–Crippen LogP) is 0.952. The summed E-state index contributed by atoms with van der Waals surface area (Å²) in [6.07, 6.45) is 0.799. The Labute approximate surface area is 113 Å². The number of halogens is 1. The summed E-state index contributed by atoms with van der Waals surface area (Å²) in [6, 6.07) is 0. The fourth-order valence-electron chi connectivity index (χ4n) is 1.69. The van der Waals surface area contributed by atoms with Gasteiger partial charge in [0.25, 0.3) is 0 Å². The lowest BCUT2D eigenvalue weighted by Gasteiger charge is -2.20. The summed E-state index contributed by atoms with van der Waals surface area (Å²) in [4.78, 5) is 0. The molecular weight excluding hydrogens is 254 g/mol. The number of aromatic nitrogens is 2. The lowest BCUT2D eigenvalue weighted by atomic mass is 10.1. The van der Waals surface area contributed by atoms with Crippen molar-refractivity contribution in [1.29, 1.82) is 0 Å². The maximum absolute atomic E-state index is 9.68. The van der Waals surface area contributed by atoms with Crippen molar-refractivity contribution in [3.05, 3.63) is 16.4 Å². The molecule has 5 nitrogen and oxygen atoms in total. The Hall–Kier alpha value is -0.620. The molecule has 1 unspecified atom stereocenters. The maximum atomic E-state index is 9.68. The van der Waals surface area contributed by atoms with Gasteiger partial charge >= 0.3 is 0 Å². The molecule has 18 heavy (non-hydrogen) atoms. The van der Waals surface area contributed by atoms with Crippen LogP contribution in [0.1, 0.15) is 32.2 Å². The molecule has 0 saturated heterocycles. The summed E-state index contributed by atoms with van der Waals surface area (Å²) in [5.74, 6) is 0. The number of nitrogens with one attached hydrogen (secondary N) is 1. The zero-order chi connectivity index (χ0) is 13.8. The van der Waals surface area contributed by atoms with Crippen LogP contribution in [0.4, 0.5) is 0 Å². The van der Waals surface area contributed by atoms with Crippen LogP contribution < -0.4 is 5.32 Å². The summed E-state index contributed by atoms with van der Waals surface area (Å²) in [5, 5.41) is 26.8. The number of hydrogen-bond acceptors (Lipinski definition) is 4. The van der Waals surface area contributed by atoms with Gasteiger partial charge in [-0.15, -0.1) is 0 Å². The van der Waals surface area contributed by atoms with Crippen molar-refractivity contribution in [2.75, 3.05) is 13.2 Å². The van der Waals surface area contributed by atoms with Gasteiger partial charge in [-0.3, -0.25) is 4.68 Å². The molecule has 0 saturated carbocycles. The van der Waals surface area contributed by atoms with E-state index in [1.165, 1.54) is 0 Å². The number of hydrogen-bond donors (Lipinski definition) is 3. The summed E-state index contributed by atoms with van der Waals surface area (Å²) in [7, 11) is 0. The van der Waals surface area contributed by atoms with Crippen LogP contribution in [0.5, 0.6) is 0 Å². The van der Waals surface area contributed by atoms with Gasteiger partial charge in [0.05, 0.1) is 28.6 Å². The fraction of sp³-hybridized carbons (Fsp3) is 0.750. The molecule has 1 aromatic rings. The molecule has 0 aliphatic carbocycles. The Morgan fingerprint density at radius 1 is 1.44 bits per heavy atom. The molecule has 0 bridgehead atoms. The van der Waals surface area contributed by atoms with Crippen LogP contribution in [0.2, 0.25) is 5.02 Å². The largest absolute Gasteiger partial charge is 0.393 e. The maximum Gasteiger partial charge on any atom is 0.0972 e. The smallest absolute Gasteiger partial charge is 0.0972 e. The third-order valence-electron chi connectivity index (χ3n) is 2.83. The van der Waals surface area contributed by atoms with Crippen molar-refractivity contribution in [3.8, 4) is 0 Å². The van der Waals surface area contributed by atoms with Crippen molar-refractivity contribution in [3.63, 3.8) is 0 Å². The number of rotatable bonds is 7. The van der Waals surface area contributed by atoms with Crippen LogP contribution in [-0.4, -0.2) is 38.7 Å². The Bertz CT molecular complexity index is 391. The van der Waals surface area contributed by atoms with Crippen LogP contribution in [0.25, 0.3) is 0 Å². The van der Waals surface area contributed by atoms with Gasteiger partial charge in [-0.1, -0.05) is 18.5 Å². The van der Waals surface area contributed by atoms with E-state index in [0.29, 0.717) is 18.1 Å². The van der Waals surface area contributed by atoms with Crippen molar-refractivity contribution in [2.45, 2.75) is 45.9 Å². The zero-order valence-electron chi connectivity index (χ0n) is 11.2. The molecule has 0 aliphatic heterocycles. The molecule has 3 N–H and O–H groups in total. The highest BCUT2D eigenvalue weighted by molar-refractivity contribution is 6.31. The van der Waals surface area contributed by atoms with Crippen LogP contribution in [0.3, 0.4) is 0 Å². The first-order chi connectivity index (χ1) is 8.45. The normalized spacial score (nSPS) is 14.8. The van der Waals surface area contributed by atoms with E-state index in [-0.39, 0.29) is 6.61 Å². The van der Waals surface area contributed by atoms with E-state index in [0.717, 1.165) is 24.4 Å². The molecule has 0 spiro atoms. The monoisotopic (exact) mass is 275 g/mol. The fourth-order valence-corrected chi connectivity index (χ4v) is 2.03. The van der Waals surface area contributed by atoms with E-state index >= 15 is 0 Å². The molecular formula is C12H22ClN3O2. The van der Waals surface area contributed by atoms with Crippen molar-refractivity contribution >= 4 is 11.6 Å². The highest BCUT2D eigenvalue weighted by atomic mass is 35.5. The van der Waals surface area contributed by atoms with Gasteiger partial charge in [0.2, 0.25) is 0 Å². The van der Waals surface area contributed by atoms with Crippen molar-refractivity contribution in [1.82, 2.24) is 15.1 Å². The SMILES string of the molecule is CCc1nn(CC)c(CNCC(C)(O)CO)c1Cl. The predicted molar refractivity (Wildman–Crippen MR) is 71.7 cm³/mol. The zero-order valence-corrected chi connectivity index (χ0v) is 12.0. The molecule has 0 aromatic carbocycles. The second-order valence-electron chi connectivity index (χ2n) is 4.64. The van der Waals surface area contributed by atoms with Crippen LogP contribution in [0, 0.1) is 0 Å². The third-order valence-corrected chi connectivity index (χ3v) is 3.27. The van der Waals surface area contributed by atoms with E-state index in [9.17, 15) is 5.11 Å². The third kappa shape index (κ3) is 3.68. The van der Waals surface area contributed by atoms with E-state index in [1.807, 2.05) is 18.5 Å². The highest BCUT2D eigenvalue weighted by Crippen LogP contribution is 2.21. The van der Waals surface area contributed by atoms with Crippen molar-refractivity contribution in [2.24, 2.45) is 0 Å². The number of aliphatic hydroxyl groups excluding tert-OH is 1. The molecule has 1 atom stereocenters. The minimum absolute atomic E-state index is 0.277. The van der Waals surface area contributed by atoms with Gasteiger partial charge in [0.15, 0.2) is 0 Å². The van der Waals surface area contributed by atoms with E-state index in [1.54, 1.807) is 6.92 Å². The van der Waals surface area contributed by atoms with Gasteiger partial charge in [0, 0.05) is 19.6 Å². The second-order valence-corrected chi connectivity index (χ2v) is 5.01. The Morgan fingerprint density at radius 2 is 2.11 bits per heavy atom. The molecule has 0 radical (unpaired) electrons. The molecule has 104 valence electrons. The number of nitrogens with zero attached hydrogens (tertiary/aromatic N) is 2. The lowest BCUT2D eigenvalue weighted by Crippen LogP contribution is -2.40. The number of aliphatic hydroxyl groups is 2. The minimum atomic E-state index is -1.11. The van der Waals surface area contributed by atoms with E-state index < -0.39 is 5.60 Å². The van der Waals surface area contributed by atoms with E-state index in [4.69, 9.17) is 16.7 Å². The number of aryl methyl sites for hydroxylation is 2. The second kappa shape index (κ2) is 6.52.